The van der Waals surface area contributed by atoms with Crippen molar-refractivity contribution in [3.05, 3.63) is 45.9 Å². The van der Waals surface area contributed by atoms with Crippen molar-refractivity contribution in [2.75, 3.05) is 26.7 Å². The molecule has 0 saturated carbocycles. The minimum absolute atomic E-state index is 0.133. The Hall–Kier alpha value is -1.96. The second-order valence-electron chi connectivity index (χ2n) is 6.08. The van der Waals surface area contributed by atoms with E-state index in [2.05, 4.69) is 21.3 Å². The van der Waals surface area contributed by atoms with Gasteiger partial charge in [0, 0.05) is 18.5 Å². The quantitative estimate of drug-likeness (QED) is 0.791. The van der Waals surface area contributed by atoms with Crippen molar-refractivity contribution in [1.82, 2.24) is 15.2 Å². The molecule has 1 atom stereocenters. The zero-order valence-corrected chi connectivity index (χ0v) is 15.2. The van der Waals surface area contributed by atoms with Crippen molar-refractivity contribution >= 4 is 17.2 Å². The number of nitrogens with one attached hydrogen (secondary N) is 1. The Bertz CT molecular complexity index is 713. The van der Waals surface area contributed by atoms with Gasteiger partial charge in [-0.1, -0.05) is 12.1 Å². The largest absolute Gasteiger partial charge is 0.497 e. The van der Waals surface area contributed by atoms with Crippen molar-refractivity contribution < 1.29 is 9.53 Å². The highest BCUT2D eigenvalue weighted by atomic mass is 32.1. The Morgan fingerprint density at radius 1 is 1.44 bits per heavy atom. The van der Waals surface area contributed by atoms with E-state index in [1.165, 1.54) is 24.2 Å². The van der Waals surface area contributed by atoms with Crippen molar-refractivity contribution in [2.45, 2.75) is 25.4 Å². The van der Waals surface area contributed by atoms with Crippen LogP contribution in [0.5, 0.6) is 5.75 Å². The zero-order valence-electron chi connectivity index (χ0n) is 14.4. The molecule has 7 heteroatoms. The summed E-state index contributed by atoms with van der Waals surface area (Å²) in [5.74, 6) is 0.683. The van der Waals surface area contributed by atoms with Crippen LogP contribution in [0.2, 0.25) is 0 Å². The Labute approximate surface area is 152 Å². The number of hydrogen-bond acceptors (Lipinski definition) is 6. The normalized spacial score (nSPS) is 15.9. The molecule has 1 aromatic heterocycles. The van der Waals surface area contributed by atoms with Crippen LogP contribution in [0, 0.1) is 0 Å². The van der Waals surface area contributed by atoms with Gasteiger partial charge in [-0.25, -0.2) is 4.98 Å². The van der Waals surface area contributed by atoms with E-state index in [0.29, 0.717) is 18.8 Å². The number of rotatable bonds is 7. The lowest BCUT2D eigenvalue weighted by Gasteiger charge is -2.28. The molecule has 3 N–H and O–H groups in total. The number of methoxy groups -OCH3 is 1. The second-order valence-corrected chi connectivity index (χ2v) is 7.02. The van der Waals surface area contributed by atoms with Crippen LogP contribution in [0.15, 0.2) is 29.6 Å². The van der Waals surface area contributed by atoms with Crippen molar-refractivity contribution in [3.63, 3.8) is 0 Å². The number of amides is 1. The van der Waals surface area contributed by atoms with Crippen molar-refractivity contribution in [1.29, 1.82) is 0 Å². The summed E-state index contributed by atoms with van der Waals surface area (Å²) in [6.07, 6.45) is 2.39. The van der Waals surface area contributed by atoms with Crippen molar-refractivity contribution in [3.8, 4) is 5.75 Å². The number of thiazole rings is 1. The number of benzene rings is 1. The van der Waals surface area contributed by atoms with Crippen molar-refractivity contribution in [2.24, 2.45) is 5.73 Å². The summed E-state index contributed by atoms with van der Waals surface area (Å²) in [6.45, 7) is 3.00. The molecule has 1 unspecified atom stereocenters. The molecule has 3 rings (SSSR count). The Kier molecular flexibility index (Phi) is 6.01. The smallest absolute Gasteiger partial charge is 0.270 e. The minimum atomic E-state index is -0.150. The molecular weight excluding hydrogens is 336 g/mol. The van der Waals surface area contributed by atoms with Crippen LogP contribution in [0.4, 0.5) is 0 Å². The zero-order chi connectivity index (χ0) is 17.6. The van der Waals surface area contributed by atoms with Gasteiger partial charge in [-0.05, 0) is 43.6 Å². The predicted molar refractivity (Wildman–Crippen MR) is 98.9 cm³/mol. The maximum atomic E-state index is 12.4. The van der Waals surface area contributed by atoms with Crippen LogP contribution < -0.4 is 15.8 Å². The van der Waals surface area contributed by atoms with Crippen LogP contribution in [0.25, 0.3) is 0 Å². The highest BCUT2D eigenvalue weighted by molar-refractivity contribution is 7.09. The first-order valence-corrected chi connectivity index (χ1v) is 9.40. The Balaban J connectivity index is 1.72. The van der Waals surface area contributed by atoms with Gasteiger partial charge in [0.25, 0.3) is 5.91 Å². The van der Waals surface area contributed by atoms with Gasteiger partial charge in [0.05, 0.1) is 13.2 Å². The number of nitrogens with two attached hydrogens (primary N) is 1. The summed E-state index contributed by atoms with van der Waals surface area (Å²) in [4.78, 5) is 19.1. The predicted octanol–water partition coefficient (Wildman–Crippen LogP) is 2.18. The standard InChI is InChI=1S/C18H24N4O2S/c1-24-14-6-4-5-13(9-14)16(22-7-2-3-8-22)11-20-18(23)15-12-25-17(10-19)21-15/h4-6,9,12,16H,2-3,7-8,10-11,19H2,1H3,(H,20,23). The molecule has 134 valence electrons. The van der Waals surface area contributed by atoms with Crippen LogP contribution in [0.3, 0.4) is 0 Å². The molecule has 2 aromatic rings. The first-order chi connectivity index (χ1) is 12.2. The van der Waals surface area contributed by atoms with Crippen LogP contribution in [-0.2, 0) is 6.54 Å². The SMILES string of the molecule is COc1cccc(C(CNC(=O)c2csc(CN)n2)N2CCCC2)c1. The fourth-order valence-corrected chi connectivity index (χ4v) is 3.80. The molecule has 6 nitrogen and oxygen atoms in total. The van der Waals surface area contributed by atoms with Gasteiger partial charge < -0.3 is 15.8 Å². The van der Waals surface area contributed by atoms with E-state index in [1.807, 2.05) is 18.2 Å². The first kappa shape index (κ1) is 17.8. The van der Waals surface area contributed by atoms with E-state index in [4.69, 9.17) is 10.5 Å². The molecule has 2 heterocycles. The average Bonchev–Trinajstić information content (AvgIpc) is 3.34. The summed E-state index contributed by atoms with van der Waals surface area (Å²) >= 11 is 1.41. The summed E-state index contributed by atoms with van der Waals surface area (Å²) in [5, 5.41) is 5.56. The van der Waals surface area contributed by atoms with E-state index < -0.39 is 0 Å². The monoisotopic (exact) mass is 360 g/mol. The third-order valence-corrected chi connectivity index (χ3v) is 5.35. The maximum Gasteiger partial charge on any atom is 0.270 e. The van der Waals surface area contributed by atoms with Gasteiger partial charge in [-0.2, -0.15) is 0 Å². The molecule has 0 spiro atoms. The van der Waals surface area contributed by atoms with Crippen LogP contribution in [-0.4, -0.2) is 42.5 Å². The van der Waals surface area contributed by atoms with Gasteiger partial charge in [0.15, 0.2) is 0 Å². The molecule has 1 saturated heterocycles. The third kappa shape index (κ3) is 4.36. The van der Waals surface area contributed by atoms with Gasteiger partial charge in [0.1, 0.15) is 16.5 Å². The molecule has 1 aliphatic rings. The van der Waals surface area contributed by atoms with E-state index in [1.54, 1.807) is 12.5 Å². The number of carbonyl (C=O) groups excluding carboxylic acids is 1. The molecule has 0 aliphatic carbocycles. The minimum Gasteiger partial charge on any atom is -0.497 e. The summed E-state index contributed by atoms with van der Waals surface area (Å²) in [6, 6.07) is 8.20. The van der Waals surface area contributed by atoms with Gasteiger partial charge in [-0.3, -0.25) is 9.69 Å². The molecule has 25 heavy (non-hydrogen) atoms. The highest BCUT2D eigenvalue weighted by Gasteiger charge is 2.24. The summed E-state index contributed by atoms with van der Waals surface area (Å²) < 4.78 is 5.35. The van der Waals surface area contributed by atoms with Gasteiger partial charge in [0.2, 0.25) is 0 Å². The molecule has 1 aliphatic heterocycles. The van der Waals surface area contributed by atoms with E-state index >= 15 is 0 Å². The second kappa shape index (κ2) is 8.42. The van der Waals surface area contributed by atoms with E-state index in [-0.39, 0.29) is 11.9 Å². The van der Waals surface area contributed by atoms with E-state index in [0.717, 1.165) is 29.4 Å². The lowest BCUT2D eigenvalue weighted by molar-refractivity contribution is 0.0933. The summed E-state index contributed by atoms with van der Waals surface area (Å²) in [5.41, 5.74) is 7.17. The maximum absolute atomic E-state index is 12.4. The Morgan fingerprint density at radius 2 is 2.24 bits per heavy atom. The number of carbonyl (C=O) groups is 1. The lowest BCUT2D eigenvalue weighted by Crippen LogP contribution is -2.37. The molecule has 1 amide bonds. The Morgan fingerprint density at radius 3 is 2.92 bits per heavy atom. The van der Waals surface area contributed by atoms with Gasteiger partial charge in [-0.15, -0.1) is 11.3 Å². The fraction of sp³-hybridized carbons (Fsp3) is 0.444. The fourth-order valence-electron chi connectivity index (χ4n) is 3.15. The number of aromatic nitrogens is 1. The number of likely N-dealkylation sites (tertiary alicyclic amines) is 1. The molecule has 1 fully saturated rings. The molecular formula is C18H24N4O2S. The first-order valence-electron chi connectivity index (χ1n) is 8.52. The lowest BCUT2D eigenvalue weighted by atomic mass is 10.0. The average molecular weight is 360 g/mol. The molecule has 0 radical (unpaired) electrons. The molecule has 0 bridgehead atoms. The third-order valence-electron chi connectivity index (χ3n) is 4.47. The van der Waals surface area contributed by atoms with Crippen LogP contribution >= 0.6 is 11.3 Å². The topological polar surface area (TPSA) is 80.5 Å². The molecule has 1 aromatic carbocycles. The summed E-state index contributed by atoms with van der Waals surface area (Å²) in [7, 11) is 1.67. The number of hydrogen-bond donors (Lipinski definition) is 2. The number of ether oxygens (including phenoxy) is 1. The number of nitrogens with zero attached hydrogens (tertiary/aromatic N) is 2. The highest BCUT2D eigenvalue weighted by Crippen LogP contribution is 2.27. The van der Waals surface area contributed by atoms with Crippen LogP contribution in [0.1, 0.15) is 39.9 Å². The van der Waals surface area contributed by atoms with E-state index in [9.17, 15) is 4.79 Å². The van der Waals surface area contributed by atoms with Gasteiger partial charge >= 0.3 is 0 Å².